The van der Waals surface area contributed by atoms with Gasteiger partial charge in [-0.2, -0.15) is 4.31 Å². The topological polar surface area (TPSA) is 74.4 Å². The summed E-state index contributed by atoms with van der Waals surface area (Å²) in [5, 5.41) is 3.37. The minimum absolute atomic E-state index is 0.0340. The lowest BCUT2D eigenvalue weighted by Gasteiger charge is -2.30. The van der Waals surface area contributed by atoms with Crippen molar-refractivity contribution in [3.8, 4) is 0 Å². The molecule has 0 aromatic carbocycles. The first kappa shape index (κ1) is 15.0. The quantitative estimate of drug-likeness (QED) is 0.824. The van der Waals surface area contributed by atoms with E-state index in [2.05, 4.69) is 10.3 Å². The molecular weight excluding hydrogens is 290 g/mol. The Morgan fingerprint density at radius 2 is 2.05 bits per heavy atom. The minimum Gasteiger partial charge on any atom is -0.381 e. The van der Waals surface area contributed by atoms with Crippen LogP contribution in [0.5, 0.6) is 0 Å². The van der Waals surface area contributed by atoms with E-state index in [0.29, 0.717) is 30.7 Å². The van der Waals surface area contributed by atoms with Crippen LogP contribution >= 0.6 is 0 Å². The third-order valence-corrected chi connectivity index (χ3v) is 6.14. The molecule has 1 saturated heterocycles. The molecule has 1 aromatic heterocycles. The lowest BCUT2D eigenvalue weighted by molar-refractivity contribution is 0.0632. The average Bonchev–Trinajstić information content (AvgIpc) is 3.21. The Labute approximate surface area is 125 Å². The van der Waals surface area contributed by atoms with Gasteiger partial charge in [-0.3, -0.25) is 0 Å². The van der Waals surface area contributed by atoms with Gasteiger partial charge < -0.3 is 15.0 Å². The fourth-order valence-corrected chi connectivity index (χ4v) is 4.06. The van der Waals surface area contributed by atoms with Crippen LogP contribution in [-0.4, -0.2) is 50.1 Å². The molecule has 6 nitrogen and oxygen atoms in total. The van der Waals surface area contributed by atoms with Crippen LogP contribution in [0, 0.1) is 0 Å². The first-order chi connectivity index (χ1) is 10.1. The Bertz CT molecular complexity index is 574. The van der Waals surface area contributed by atoms with E-state index in [4.69, 9.17) is 4.74 Å². The highest BCUT2D eigenvalue weighted by Crippen LogP contribution is 2.23. The summed E-state index contributed by atoms with van der Waals surface area (Å²) in [5.41, 5.74) is 0.917. The molecule has 3 rings (SSSR count). The van der Waals surface area contributed by atoms with Gasteiger partial charge in [-0.05, 0) is 31.7 Å². The molecule has 2 N–H and O–H groups in total. The Morgan fingerprint density at radius 1 is 1.33 bits per heavy atom. The number of ether oxygens (including phenoxy) is 1. The summed E-state index contributed by atoms with van der Waals surface area (Å²) in [6.45, 7) is 1.96. The first-order valence-electron chi connectivity index (χ1n) is 7.54. The third kappa shape index (κ3) is 3.48. The van der Waals surface area contributed by atoms with Crippen LogP contribution in [0.2, 0.25) is 0 Å². The van der Waals surface area contributed by atoms with E-state index in [-0.39, 0.29) is 6.04 Å². The third-order valence-electron chi connectivity index (χ3n) is 4.26. The second-order valence-corrected chi connectivity index (χ2v) is 7.88. The van der Waals surface area contributed by atoms with Crippen molar-refractivity contribution in [1.82, 2.24) is 14.6 Å². The van der Waals surface area contributed by atoms with Gasteiger partial charge in [0.15, 0.2) is 0 Å². The van der Waals surface area contributed by atoms with Crippen molar-refractivity contribution >= 4 is 10.0 Å². The van der Waals surface area contributed by atoms with E-state index >= 15 is 0 Å². The number of aromatic amines is 1. The average molecular weight is 313 g/mol. The highest BCUT2D eigenvalue weighted by molar-refractivity contribution is 7.89. The minimum atomic E-state index is -3.42. The predicted octanol–water partition coefficient (Wildman–Crippen LogP) is 1.07. The van der Waals surface area contributed by atoms with E-state index < -0.39 is 10.0 Å². The number of nitrogens with zero attached hydrogens (tertiary/aromatic N) is 1. The molecule has 2 aliphatic rings. The van der Waals surface area contributed by atoms with Gasteiger partial charge in [0.1, 0.15) is 0 Å². The zero-order valence-electron chi connectivity index (χ0n) is 12.3. The Hall–Kier alpha value is -0.890. The van der Waals surface area contributed by atoms with Gasteiger partial charge in [-0.15, -0.1) is 0 Å². The number of hydrogen-bond acceptors (Lipinski definition) is 4. The molecule has 0 radical (unpaired) electrons. The molecule has 2 heterocycles. The van der Waals surface area contributed by atoms with Crippen LogP contribution < -0.4 is 5.32 Å². The monoisotopic (exact) mass is 313 g/mol. The van der Waals surface area contributed by atoms with E-state index in [0.717, 1.165) is 18.5 Å². The van der Waals surface area contributed by atoms with Gasteiger partial charge in [0.05, 0.1) is 4.90 Å². The fourth-order valence-electron chi connectivity index (χ4n) is 2.62. The van der Waals surface area contributed by atoms with Crippen LogP contribution in [0.15, 0.2) is 17.2 Å². The zero-order valence-corrected chi connectivity index (χ0v) is 13.2. The maximum absolute atomic E-state index is 12.6. The first-order valence-corrected chi connectivity index (χ1v) is 8.98. The Morgan fingerprint density at radius 3 is 2.71 bits per heavy atom. The number of hydrogen-bond donors (Lipinski definition) is 2. The van der Waals surface area contributed by atoms with E-state index in [1.807, 2.05) is 0 Å². The maximum atomic E-state index is 12.6. The number of sulfonamides is 1. The zero-order chi connectivity index (χ0) is 14.9. The summed E-state index contributed by atoms with van der Waals surface area (Å²) >= 11 is 0. The summed E-state index contributed by atoms with van der Waals surface area (Å²) in [7, 11) is -1.75. The van der Waals surface area contributed by atoms with Gasteiger partial charge in [0.25, 0.3) is 0 Å². The number of nitrogens with one attached hydrogen (secondary N) is 2. The highest BCUT2D eigenvalue weighted by atomic mass is 32.2. The summed E-state index contributed by atoms with van der Waals surface area (Å²) in [5.74, 6) is 0. The molecule has 0 atom stereocenters. The van der Waals surface area contributed by atoms with E-state index in [1.54, 1.807) is 19.3 Å². The van der Waals surface area contributed by atoms with E-state index in [1.165, 1.54) is 17.1 Å². The maximum Gasteiger partial charge on any atom is 0.244 e. The Balaban J connectivity index is 1.67. The van der Waals surface area contributed by atoms with Gasteiger partial charge >= 0.3 is 0 Å². The van der Waals surface area contributed by atoms with Crippen molar-refractivity contribution in [3.05, 3.63) is 18.0 Å². The summed E-state index contributed by atoms with van der Waals surface area (Å²) in [6.07, 6.45) is 5.55. The van der Waals surface area contributed by atoms with Gasteiger partial charge in [0, 0.05) is 50.8 Å². The standard InChI is InChI=1S/C14H23N3O3S/c1-17(13-4-6-20-7-5-13)21(18,19)14-8-12(16-10-14)9-15-11-2-3-11/h8,10-11,13,15-16H,2-7,9H2,1H3. The van der Waals surface area contributed by atoms with Crippen LogP contribution in [-0.2, 0) is 21.3 Å². The molecule has 1 aromatic rings. The molecule has 118 valence electrons. The molecule has 0 amide bonds. The lowest BCUT2D eigenvalue weighted by atomic mass is 10.1. The number of aromatic nitrogens is 1. The van der Waals surface area contributed by atoms with E-state index in [9.17, 15) is 8.42 Å². The van der Waals surface area contributed by atoms with Crippen LogP contribution in [0.4, 0.5) is 0 Å². The Kier molecular flexibility index (Phi) is 4.35. The molecule has 1 aliphatic carbocycles. The molecule has 1 saturated carbocycles. The van der Waals surface area contributed by atoms with Crippen molar-refractivity contribution in [1.29, 1.82) is 0 Å². The van der Waals surface area contributed by atoms with Crippen LogP contribution in [0.25, 0.3) is 0 Å². The summed E-state index contributed by atoms with van der Waals surface area (Å²) in [6, 6.07) is 2.38. The highest BCUT2D eigenvalue weighted by Gasteiger charge is 2.30. The largest absolute Gasteiger partial charge is 0.381 e. The number of H-pyrrole nitrogens is 1. The molecule has 0 unspecified atom stereocenters. The van der Waals surface area contributed by atoms with Crippen molar-refractivity contribution in [3.63, 3.8) is 0 Å². The molecule has 1 aliphatic heterocycles. The van der Waals surface area contributed by atoms with Crippen LogP contribution in [0.1, 0.15) is 31.4 Å². The molecule has 0 spiro atoms. The molecule has 21 heavy (non-hydrogen) atoms. The normalized spacial score (nSPS) is 21.0. The van der Waals surface area contributed by atoms with Gasteiger partial charge in [-0.25, -0.2) is 8.42 Å². The van der Waals surface area contributed by atoms with Crippen molar-refractivity contribution in [2.24, 2.45) is 0 Å². The van der Waals surface area contributed by atoms with Crippen molar-refractivity contribution in [2.75, 3.05) is 20.3 Å². The summed E-state index contributed by atoms with van der Waals surface area (Å²) in [4.78, 5) is 3.41. The molecule has 2 fully saturated rings. The second-order valence-electron chi connectivity index (χ2n) is 5.88. The van der Waals surface area contributed by atoms with Gasteiger partial charge in [0.2, 0.25) is 10.0 Å². The fraction of sp³-hybridized carbons (Fsp3) is 0.714. The SMILES string of the molecule is CN(C1CCOCC1)S(=O)(=O)c1c[nH]c(CNC2CC2)c1. The van der Waals surface area contributed by atoms with Crippen molar-refractivity contribution in [2.45, 2.75) is 49.2 Å². The predicted molar refractivity (Wildman–Crippen MR) is 79.4 cm³/mol. The second kappa shape index (κ2) is 6.08. The molecule has 0 bridgehead atoms. The lowest BCUT2D eigenvalue weighted by Crippen LogP contribution is -2.40. The number of rotatable bonds is 6. The van der Waals surface area contributed by atoms with Crippen LogP contribution in [0.3, 0.4) is 0 Å². The van der Waals surface area contributed by atoms with Gasteiger partial charge in [-0.1, -0.05) is 0 Å². The molecular formula is C14H23N3O3S. The van der Waals surface area contributed by atoms with Crippen molar-refractivity contribution < 1.29 is 13.2 Å². The summed E-state index contributed by atoms with van der Waals surface area (Å²) < 4.78 is 32.1. The smallest absolute Gasteiger partial charge is 0.244 e. The molecule has 7 heteroatoms.